The molecule has 0 aliphatic carbocycles. The van der Waals surface area contributed by atoms with Crippen LogP contribution in [0.5, 0.6) is 0 Å². The summed E-state index contributed by atoms with van der Waals surface area (Å²) in [6, 6.07) is 5.13. The van der Waals surface area contributed by atoms with Gasteiger partial charge in [0.15, 0.2) is 0 Å². The zero-order chi connectivity index (χ0) is 15.6. The van der Waals surface area contributed by atoms with E-state index in [1.165, 1.54) is 4.90 Å². The van der Waals surface area contributed by atoms with Crippen LogP contribution >= 0.6 is 22.9 Å². The van der Waals surface area contributed by atoms with Crippen molar-refractivity contribution in [3.8, 4) is 0 Å². The van der Waals surface area contributed by atoms with Crippen LogP contribution in [0, 0.1) is 6.92 Å². The van der Waals surface area contributed by atoms with Gasteiger partial charge in [-0.15, -0.1) is 10.2 Å². The first-order valence-electron chi connectivity index (χ1n) is 6.01. The quantitative estimate of drug-likeness (QED) is 0.941. The van der Waals surface area contributed by atoms with Crippen LogP contribution in [0.1, 0.15) is 25.7 Å². The molecule has 0 radical (unpaired) electrons. The van der Waals surface area contributed by atoms with Gasteiger partial charge in [-0.1, -0.05) is 17.4 Å². The second kappa shape index (κ2) is 6.19. The molecule has 8 heteroatoms. The number of rotatable bonds is 3. The van der Waals surface area contributed by atoms with Gasteiger partial charge in [0.1, 0.15) is 0 Å². The summed E-state index contributed by atoms with van der Waals surface area (Å²) in [5, 5.41) is 10.1. The van der Waals surface area contributed by atoms with Crippen molar-refractivity contribution in [1.29, 1.82) is 0 Å². The van der Waals surface area contributed by atoms with Gasteiger partial charge in [0, 0.05) is 25.3 Å². The van der Waals surface area contributed by atoms with Crippen molar-refractivity contribution in [2.75, 3.05) is 19.4 Å². The van der Waals surface area contributed by atoms with Crippen LogP contribution in [0.2, 0.25) is 4.47 Å². The molecule has 21 heavy (non-hydrogen) atoms. The number of carbonyl (C=O) groups excluding carboxylic acids is 2. The van der Waals surface area contributed by atoms with E-state index in [9.17, 15) is 9.59 Å². The summed E-state index contributed by atoms with van der Waals surface area (Å²) < 4.78 is 0.202. The minimum absolute atomic E-state index is 0.135. The molecule has 0 atom stereocenters. The molecule has 1 aromatic heterocycles. The lowest BCUT2D eigenvalue weighted by atomic mass is 10.1. The summed E-state index contributed by atoms with van der Waals surface area (Å²) in [4.78, 5) is 25.5. The predicted octanol–water partition coefficient (Wildman–Crippen LogP) is 2.45. The third-order valence-corrected chi connectivity index (χ3v) is 3.75. The third-order valence-electron chi connectivity index (χ3n) is 2.73. The van der Waals surface area contributed by atoms with Crippen LogP contribution in [0.25, 0.3) is 0 Å². The van der Waals surface area contributed by atoms with Crippen LogP contribution in [0.4, 0.5) is 5.69 Å². The largest absolute Gasteiger partial charge is 0.345 e. The van der Waals surface area contributed by atoms with Crippen molar-refractivity contribution < 1.29 is 9.59 Å². The van der Waals surface area contributed by atoms with Crippen molar-refractivity contribution in [2.45, 2.75) is 6.92 Å². The van der Waals surface area contributed by atoms with Crippen molar-refractivity contribution in [3.05, 3.63) is 38.8 Å². The lowest BCUT2D eigenvalue weighted by molar-refractivity contribution is 0.0827. The highest BCUT2D eigenvalue weighted by molar-refractivity contribution is 7.17. The summed E-state index contributed by atoms with van der Waals surface area (Å²) in [5.74, 6) is -0.540. The molecule has 2 aromatic rings. The number of aryl methyl sites for hydroxylation is 1. The van der Waals surface area contributed by atoms with E-state index < -0.39 is 5.91 Å². The molecule has 2 rings (SSSR count). The van der Waals surface area contributed by atoms with Gasteiger partial charge in [-0.2, -0.15) is 0 Å². The monoisotopic (exact) mass is 324 g/mol. The highest BCUT2D eigenvalue weighted by Crippen LogP contribution is 2.20. The minimum atomic E-state index is -0.406. The Kier molecular flexibility index (Phi) is 4.54. The van der Waals surface area contributed by atoms with E-state index in [0.29, 0.717) is 11.3 Å². The van der Waals surface area contributed by atoms with Crippen molar-refractivity contribution >= 4 is 40.4 Å². The fraction of sp³-hybridized carbons (Fsp3) is 0.231. The van der Waals surface area contributed by atoms with Crippen LogP contribution in [0.15, 0.2) is 18.2 Å². The fourth-order valence-corrected chi connectivity index (χ4v) is 2.34. The number of amides is 2. The van der Waals surface area contributed by atoms with Gasteiger partial charge in [-0.3, -0.25) is 9.59 Å². The molecule has 0 spiro atoms. The number of halogens is 1. The zero-order valence-electron chi connectivity index (χ0n) is 11.7. The average molecular weight is 325 g/mol. The summed E-state index contributed by atoms with van der Waals surface area (Å²) in [5.41, 5.74) is 1.89. The number of nitrogens with zero attached hydrogens (tertiary/aromatic N) is 3. The van der Waals surface area contributed by atoms with E-state index in [2.05, 4.69) is 15.5 Å². The smallest absolute Gasteiger partial charge is 0.286 e. The predicted molar refractivity (Wildman–Crippen MR) is 82.1 cm³/mol. The molecule has 0 bridgehead atoms. The number of hydrogen-bond donors (Lipinski definition) is 1. The molecule has 0 unspecified atom stereocenters. The molecule has 1 heterocycles. The first-order chi connectivity index (χ1) is 9.88. The van der Waals surface area contributed by atoms with E-state index >= 15 is 0 Å². The highest BCUT2D eigenvalue weighted by Gasteiger charge is 2.15. The summed E-state index contributed by atoms with van der Waals surface area (Å²) in [7, 11) is 3.34. The molecule has 0 fully saturated rings. The minimum Gasteiger partial charge on any atom is -0.345 e. The van der Waals surface area contributed by atoms with Gasteiger partial charge in [-0.25, -0.2) is 0 Å². The maximum atomic E-state index is 12.0. The van der Waals surface area contributed by atoms with Gasteiger partial charge in [0.05, 0.1) is 0 Å². The van der Waals surface area contributed by atoms with Gasteiger partial charge >= 0.3 is 0 Å². The second-order valence-electron chi connectivity index (χ2n) is 4.54. The number of nitrogens with one attached hydrogen (secondary N) is 1. The third kappa shape index (κ3) is 3.56. The molecule has 110 valence electrons. The SMILES string of the molecule is Cc1ccc(C(=O)N(C)C)cc1NC(=O)c1nnc(Cl)s1. The number of anilines is 1. The van der Waals surface area contributed by atoms with E-state index in [0.717, 1.165) is 16.9 Å². The number of benzene rings is 1. The standard InChI is InChI=1S/C13H13ClN4O2S/c1-7-4-5-8(12(20)18(2)3)6-9(7)15-10(19)11-16-17-13(14)21-11/h4-6H,1-3H3,(H,15,19). The molecule has 2 amide bonds. The van der Waals surface area contributed by atoms with Crippen LogP contribution in [-0.4, -0.2) is 41.0 Å². The molecule has 0 aliphatic heterocycles. The molecule has 6 nitrogen and oxygen atoms in total. The molecule has 1 N–H and O–H groups in total. The van der Waals surface area contributed by atoms with Gasteiger partial charge in [-0.05, 0) is 36.2 Å². The first-order valence-corrected chi connectivity index (χ1v) is 7.20. The summed E-state index contributed by atoms with van der Waals surface area (Å²) in [6.45, 7) is 1.84. The van der Waals surface area contributed by atoms with Gasteiger partial charge in [0.2, 0.25) is 9.47 Å². The topological polar surface area (TPSA) is 75.2 Å². The first kappa shape index (κ1) is 15.4. The Morgan fingerprint density at radius 3 is 2.57 bits per heavy atom. The molecular formula is C13H13ClN4O2S. The van der Waals surface area contributed by atoms with E-state index in [-0.39, 0.29) is 15.4 Å². The number of hydrogen-bond acceptors (Lipinski definition) is 5. The number of carbonyl (C=O) groups is 2. The van der Waals surface area contributed by atoms with Crippen molar-refractivity contribution in [2.24, 2.45) is 0 Å². The maximum Gasteiger partial charge on any atom is 0.286 e. The van der Waals surface area contributed by atoms with E-state index in [1.807, 2.05) is 6.92 Å². The van der Waals surface area contributed by atoms with Crippen molar-refractivity contribution in [3.63, 3.8) is 0 Å². The van der Waals surface area contributed by atoms with E-state index in [1.54, 1.807) is 32.3 Å². The van der Waals surface area contributed by atoms with Crippen LogP contribution < -0.4 is 5.32 Å². The zero-order valence-corrected chi connectivity index (χ0v) is 13.2. The Balaban J connectivity index is 2.25. The Labute approximate surface area is 130 Å². The lowest BCUT2D eigenvalue weighted by Crippen LogP contribution is -2.22. The van der Waals surface area contributed by atoms with E-state index in [4.69, 9.17) is 11.6 Å². The van der Waals surface area contributed by atoms with Gasteiger partial charge in [0.25, 0.3) is 11.8 Å². The Hall–Kier alpha value is -1.99. The van der Waals surface area contributed by atoms with Crippen LogP contribution in [0.3, 0.4) is 0 Å². The summed E-state index contributed by atoms with van der Waals surface area (Å²) >= 11 is 6.65. The lowest BCUT2D eigenvalue weighted by Gasteiger charge is -2.13. The van der Waals surface area contributed by atoms with Crippen LogP contribution in [-0.2, 0) is 0 Å². The fourth-order valence-electron chi connectivity index (χ4n) is 1.62. The van der Waals surface area contributed by atoms with Crippen molar-refractivity contribution in [1.82, 2.24) is 15.1 Å². The number of aromatic nitrogens is 2. The molecule has 0 aliphatic rings. The highest BCUT2D eigenvalue weighted by atomic mass is 35.5. The maximum absolute atomic E-state index is 12.0. The van der Waals surface area contributed by atoms with Gasteiger partial charge < -0.3 is 10.2 Å². The average Bonchev–Trinajstić information content (AvgIpc) is 2.87. The normalized spacial score (nSPS) is 10.3. The Morgan fingerprint density at radius 1 is 1.29 bits per heavy atom. The molecule has 0 saturated heterocycles. The second-order valence-corrected chi connectivity index (χ2v) is 6.10. The molecule has 0 saturated carbocycles. The molecule has 1 aromatic carbocycles. The summed E-state index contributed by atoms with van der Waals surface area (Å²) in [6.07, 6.45) is 0. The Bertz CT molecular complexity index is 699. The Morgan fingerprint density at radius 2 is 2.00 bits per heavy atom. The molecular weight excluding hydrogens is 312 g/mol.